The van der Waals surface area contributed by atoms with Crippen molar-refractivity contribution in [3.63, 3.8) is 0 Å². The molecule has 10 nitrogen and oxygen atoms in total. The summed E-state index contributed by atoms with van der Waals surface area (Å²) >= 11 is 0. The van der Waals surface area contributed by atoms with Gasteiger partial charge < -0.3 is 20.3 Å². The number of nitrogens with zero attached hydrogens (tertiary/aromatic N) is 3. The Morgan fingerprint density at radius 1 is 1.02 bits per heavy atom. The quantitative estimate of drug-likeness (QED) is 0.352. The molecule has 2 aliphatic heterocycles. The first-order valence-corrected chi connectivity index (χ1v) is 15.3. The van der Waals surface area contributed by atoms with E-state index in [4.69, 9.17) is 11.3 Å². The third-order valence-corrected chi connectivity index (χ3v) is 8.85. The third kappa shape index (κ3) is 6.45. The molecule has 1 spiro atoms. The van der Waals surface area contributed by atoms with E-state index in [-0.39, 0.29) is 31.9 Å². The van der Waals surface area contributed by atoms with Crippen LogP contribution in [-0.2, 0) is 37.6 Å². The summed E-state index contributed by atoms with van der Waals surface area (Å²) in [5, 5.41) is 5.65. The highest BCUT2D eigenvalue weighted by Crippen LogP contribution is 2.47. The lowest BCUT2D eigenvalue weighted by atomic mass is 9.80. The Morgan fingerprint density at radius 3 is 2.26 bits per heavy atom. The van der Waals surface area contributed by atoms with Gasteiger partial charge in [0.15, 0.2) is 0 Å². The maximum absolute atomic E-state index is 14.5. The number of carbonyl (C=O) groups is 4. The van der Waals surface area contributed by atoms with E-state index in [0.717, 1.165) is 16.7 Å². The molecule has 0 aliphatic carbocycles. The molecular weight excluding hydrogens is 582 g/mol. The molecule has 3 aromatic carbocycles. The molecular formula is C36H39N5O5. The van der Waals surface area contributed by atoms with Crippen LogP contribution < -0.4 is 10.6 Å². The van der Waals surface area contributed by atoms with E-state index < -0.39 is 47.0 Å². The van der Waals surface area contributed by atoms with E-state index in [2.05, 4.69) is 15.5 Å². The minimum atomic E-state index is -1.06. The number of ether oxygens (including phenoxy) is 1. The van der Waals surface area contributed by atoms with Crippen LogP contribution in [0.25, 0.3) is 4.85 Å². The molecule has 2 aliphatic rings. The maximum Gasteiger partial charge on any atom is 0.408 e. The van der Waals surface area contributed by atoms with Gasteiger partial charge in [-0.1, -0.05) is 99.6 Å². The van der Waals surface area contributed by atoms with Crippen molar-refractivity contribution in [3.05, 3.63) is 113 Å². The average Bonchev–Trinajstić information content (AvgIpc) is 3.58. The van der Waals surface area contributed by atoms with Crippen molar-refractivity contribution in [1.29, 1.82) is 0 Å². The molecule has 1 saturated heterocycles. The maximum atomic E-state index is 14.5. The van der Waals surface area contributed by atoms with Gasteiger partial charge in [-0.3, -0.25) is 24.1 Å². The van der Waals surface area contributed by atoms with Crippen LogP contribution in [0.15, 0.2) is 84.9 Å². The monoisotopic (exact) mass is 621 g/mol. The Kier molecular flexibility index (Phi) is 9.15. The lowest BCUT2D eigenvalue weighted by Crippen LogP contribution is -2.59. The molecule has 1 fully saturated rings. The van der Waals surface area contributed by atoms with Crippen LogP contribution in [0, 0.1) is 12.0 Å². The number of para-hydroxylation sites is 1. The lowest BCUT2D eigenvalue weighted by Gasteiger charge is -2.37. The van der Waals surface area contributed by atoms with E-state index in [9.17, 15) is 19.2 Å². The fourth-order valence-electron chi connectivity index (χ4n) is 6.26. The van der Waals surface area contributed by atoms with Crippen molar-refractivity contribution >= 4 is 29.5 Å². The summed E-state index contributed by atoms with van der Waals surface area (Å²) in [5.41, 5.74) is 1.27. The van der Waals surface area contributed by atoms with Gasteiger partial charge in [0.1, 0.15) is 24.1 Å². The summed E-state index contributed by atoms with van der Waals surface area (Å²) in [4.78, 5) is 61.6. The number of amides is 4. The number of likely N-dealkylation sites (N-methyl/N-ethyl adjacent to an activating group) is 1. The van der Waals surface area contributed by atoms with Crippen molar-refractivity contribution in [2.45, 2.75) is 63.9 Å². The zero-order chi connectivity index (χ0) is 33.1. The zero-order valence-corrected chi connectivity index (χ0v) is 26.5. The van der Waals surface area contributed by atoms with Gasteiger partial charge in [0, 0.05) is 25.7 Å². The zero-order valence-electron chi connectivity index (χ0n) is 26.5. The number of alkyl carbamates (subject to hydrolysis) is 1. The molecule has 238 valence electrons. The Morgan fingerprint density at radius 2 is 1.63 bits per heavy atom. The van der Waals surface area contributed by atoms with E-state index in [1.165, 1.54) is 9.80 Å². The normalized spacial score (nSPS) is 19.8. The van der Waals surface area contributed by atoms with Crippen LogP contribution in [0.3, 0.4) is 0 Å². The summed E-state index contributed by atoms with van der Waals surface area (Å²) < 4.78 is 5.42. The molecule has 4 atom stereocenters. The second-order valence-corrected chi connectivity index (χ2v) is 13.0. The third-order valence-electron chi connectivity index (χ3n) is 8.85. The molecule has 0 saturated carbocycles. The lowest BCUT2D eigenvalue weighted by molar-refractivity contribution is -0.147. The van der Waals surface area contributed by atoms with Gasteiger partial charge in [0.2, 0.25) is 11.8 Å². The van der Waals surface area contributed by atoms with Gasteiger partial charge in [0.25, 0.3) is 5.91 Å². The fraction of sp³-hybridized carbons (Fsp3) is 0.361. The van der Waals surface area contributed by atoms with Crippen LogP contribution in [0.1, 0.15) is 43.9 Å². The van der Waals surface area contributed by atoms with Crippen LogP contribution in [0.2, 0.25) is 0 Å². The topological polar surface area (TPSA) is 112 Å². The molecule has 4 amide bonds. The Bertz CT molecular complexity index is 1650. The predicted octanol–water partition coefficient (Wildman–Crippen LogP) is 4.76. The Balaban J connectivity index is 1.42. The number of hydrogen-bond acceptors (Lipinski definition) is 5. The fourth-order valence-corrected chi connectivity index (χ4v) is 6.26. The SMILES string of the molecule is [C-]#[N+][C@@H]1C[C@@]2(CN1C(=O)[C@H](Cc1ccccc1)N(C)C(=O)[C@@H](NC(=O)OCc1ccccc1)C(C)(C)C)C(=O)Nc1ccccc12. The van der Waals surface area contributed by atoms with Gasteiger partial charge in [0.05, 0.1) is 6.42 Å². The first-order chi connectivity index (χ1) is 21.9. The Labute approximate surface area is 269 Å². The number of benzene rings is 3. The molecule has 0 bridgehead atoms. The first kappa shape index (κ1) is 32.2. The number of likely N-dealkylation sites (tertiary alicyclic amines) is 1. The van der Waals surface area contributed by atoms with E-state index >= 15 is 0 Å². The summed E-state index contributed by atoms with van der Waals surface area (Å²) in [6, 6.07) is 23.8. The average molecular weight is 622 g/mol. The van der Waals surface area contributed by atoms with E-state index in [1.54, 1.807) is 7.05 Å². The summed E-state index contributed by atoms with van der Waals surface area (Å²) in [6.45, 7) is 13.5. The summed E-state index contributed by atoms with van der Waals surface area (Å²) in [7, 11) is 1.54. The smallest absolute Gasteiger partial charge is 0.408 e. The largest absolute Gasteiger partial charge is 0.445 e. The van der Waals surface area contributed by atoms with Crippen molar-refractivity contribution in [3.8, 4) is 0 Å². The number of anilines is 1. The summed E-state index contributed by atoms with van der Waals surface area (Å²) in [6.07, 6.45) is -1.32. The van der Waals surface area contributed by atoms with Gasteiger partial charge in [-0.05, 0) is 28.2 Å². The van der Waals surface area contributed by atoms with Crippen LogP contribution in [0.5, 0.6) is 0 Å². The molecule has 2 N–H and O–H groups in total. The number of carbonyl (C=O) groups excluding carboxylic acids is 4. The van der Waals surface area contributed by atoms with Crippen LogP contribution in [0.4, 0.5) is 10.5 Å². The van der Waals surface area contributed by atoms with Crippen LogP contribution in [-0.4, -0.2) is 65.5 Å². The molecule has 46 heavy (non-hydrogen) atoms. The molecule has 0 aromatic heterocycles. The van der Waals surface area contributed by atoms with Crippen molar-refractivity contribution in [2.75, 3.05) is 18.9 Å². The van der Waals surface area contributed by atoms with Gasteiger partial charge in [-0.25, -0.2) is 11.4 Å². The summed E-state index contributed by atoms with van der Waals surface area (Å²) in [5.74, 6) is -1.16. The molecule has 2 heterocycles. The highest BCUT2D eigenvalue weighted by molar-refractivity contribution is 6.07. The van der Waals surface area contributed by atoms with Gasteiger partial charge in [-0.15, -0.1) is 0 Å². The molecule has 0 unspecified atom stereocenters. The molecule has 10 heteroatoms. The minimum absolute atomic E-state index is 0.0157. The highest BCUT2D eigenvalue weighted by Gasteiger charge is 2.59. The molecule has 3 aromatic rings. The standard InChI is InChI=1S/C36H39N5O5/c1-35(2,3)30(39-34(45)46-22-25-16-10-7-11-17-25)32(43)40(5)28(20-24-14-8-6-9-15-24)31(42)41-23-36(21-29(41)37-4)26-18-12-13-19-27(26)38-33(36)44/h6-19,28-30H,20-23H2,1-3,5H3,(H,38,44)(H,39,45)/t28-,29-,30+,36-/m0/s1. The molecule has 5 rings (SSSR count). The van der Waals surface area contributed by atoms with Crippen LogP contribution >= 0.6 is 0 Å². The van der Waals surface area contributed by atoms with Gasteiger partial charge in [-0.2, -0.15) is 0 Å². The number of nitrogens with one attached hydrogen (secondary N) is 2. The Hall–Kier alpha value is -5.17. The van der Waals surface area contributed by atoms with Crippen molar-refractivity contribution < 1.29 is 23.9 Å². The second-order valence-electron chi connectivity index (χ2n) is 13.0. The molecule has 0 radical (unpaired) electrons. The second kappa shape index (κ2) is 13.1. The minimum Gasteiger partial charge on any atom is -0.445 e. The highest BCUT2D eigenvalue weighted by atomic mass is 16.5. The number of rotatable bonds is 8. The van der Waals surface area contributed by atoms with Gasteiger partial charge >= 0.3 is 12.3 Å². The number of hydrogen-bond donors (Lipinski definition) is 2. The van der Waals surface area contributed by atoms with E-state index in [0.29, 0.717) is 5.69 Å². The predicted molar refractivity (Wildman–Crippen MR) is 173 cm³/mol. The van der Waals surface area contributed by atoms with E-state index in [1.807, 2.05) is 106 Å². The van der Waals surface area contributed by atoms with Crippen molar-refractivity contribution in [1.82, 2.24) is 15.1 Å². The van der Waals surface area contributed by atoms with Crippen molar-refractivity contribution in [2.24, 2.45) is 5.41 Å². The number of fused-ring (bicyclic) bond motifs is 2. The first-order valence-electron chi connectivity index (χ1n) is 15.3.